The van der Waals surface area contributed by atoms with Gasteiger partial charge in [0.15, 0.2) is 0 Å². The van der Waals surface area contributed by atoms with Crippen LogP contribution < -0.4 is 0 Å². The molecule has 0 nitrogen and oxygen atoms in total. The van der Waals surface area contributed by atoms with Crippen molar-refractivity contribution in [2.75, 3.05) is 0 Å². The average Bonchev–Trinajstić information content (AvgIpc) is 2.13. The van der Waals surface area contributed by atoms with Gasteiger partial charge in [0, 0.05) is 6.42 Å². The molecule has 0 N–H and O–H groups in total. The van der Waals surface area contributed by atoms with Crippen LogP contribution in [0.5, 0.6) is 0 Å². The molecule has 1 aromatic rings. The molecule has 0 unspecified atom stereocenters. The zero-order valence-electron chi connectivity index (χ0n) is 7.85. The summed E-state index contributed by atoms with van der Waals surface area (Å²) >= 11 is 2.33. The summed E-state index contributed by atoms with van der Waals surface area (Å²) in [5.41, 5.74) is 1.21. The molecule has 1 aromatic carbocycles. The van der Waals surface area contributed by atoms with Crippen LogP contribution in [0, 0.1) is 0 Å². The zero-order chi connectivity index (χ0) is 10.4. The number of benzene rings is 1. The first-order valence-electron chi connectivity index (χ1n) is 4.68. The van der Waals surface area contributed by atoms with Gasteiger partial charge in [-0.15, -0.1) is 0 Å². The molecule has 0 aliphatic rings. The molecular weight excluding hydrogens is 250 g/mol. The Balaban J connectivity index is 2.17. The first-order valence-corrected chi connectivity index (χ1v) is 5.48. The van der Waals surface area contributed by atoms with Crippen LogP contribution in [0.25, 0.3) is 0 Å². The van der Waals surface area contributed by atoms with E-state index in [-0.39, 0.29) is 6.42 Å². The van der Waals surface area contributed by atoms with Gasteiger partial charge in [-0.05, 0) is 40.8 Å². The van der Waals surface area contributed by atoms with Crippen molar-refractivity contribution in [1.29, 1.82) is 0 Å². The van der Waals surface area contributed by atoms with Gasteiger partial charge in [-0.25, -0.2) is 0 Å². The zero-order valence-corrected chi connectivity index (χ0v) is 9.44. The second-order valence-electron chi connectivity index (χ2n) is 3.31. The maximum absolute atomic E-state index is 12.4. The Hall–Kier alpha value is -0.440. The molecule has 0 atom stereocenters. The van der Waals surface area contributed by atoms with Gasteiger partial charge >= 0.3 is 4.83 Å². The first-order chi connectivity index (χ1) is 6.58. The van der Waals surface area contributed by atoms with E-state index in [1.54, 1.807) is 0 Å². The first kappa shape index (κ1) is 11.6. The summed E-state index contributed by atoms with van der Waals surface area (Å²) < 4.78 is 24.7. The molecule has 0 heterocycles. The van der Waals surface area contributed by atoms with Crippen molar-refractivity contribution in [2.24, 2.45) is 0 Å². The van der Waals surface area contributed by atoms with E-state index >= 15 is 0 Å². The molecule has 0 aliphatic carbocycles. The Bertz CT molecular complexity index is 254. The number of aryl methyl sites for hydroxylation is 1. The van der Waals surface area contributed by atoms with Gasteiger partial charge in [-0.2, -0.15) is 8.78 Å². The number of hydrogen-bond donors (Lipinski definition) is 0. The van der Waals surface area contributed by atoms with E-state index in [4.69, 9.17) is 0 Å². The maximum Gasteiger partial charge on any atom is 0.301 e. The van der Waals surface area contributed by atoms with Gasteiger partial charge < -0.3 is 0 Å². The molecule has 0 radical (unpaired) electrons. The van der Waals surface area contributed by atoms with E-state index in [1.807, 2.05) is 30.3 Å². The third kappa shape index (κ3) is 5.32. The number of halogens is 3. The van der Waals surface area contributed by atoms with Gasteiger partial charge in [0.25, 0.3) is 0 Å². The molecule has 0 fully saturated rings. The summed E-state index contributed by atoms with van der Waals surface area (Å²) in [4.78, 5) is -2.69. The predicted molar refractivity (Wildman–Crippen MR) is 57.9 cm³/mol. The van der Waals surface area contributed by atoms with E-state index in [0.717, 1.165) is 12.8 Å². The van der Waals surface area contributed by atoms with Crippen LogP contribution >= 0.6 is 15.9 Å². The molecule has 0 saturated carbocycles. The lowest BCUT2D eigenvalue weighted by Crippen LogP contribution is -2.03. The number of rotatable bonds is 5. The lowest BCUT2D eigenvalue weighted by Gasteiger charge is -2.07. The normalized spacial score (nSPS) is 11.6. The van der Waals surface area contributed by atoms with E-state index in [0.29, 0.717) is 6.42 Å². The Morgan fingerprint density at radius 1 is 1.07 bits per heavy atom. The fourth-order valence-corrected chi connectivity index (χ4v) is 1.58. The van der Waals surface area contributed by atoms with Crippen LogP contribution in [0.4, 0.5) is 8.78 Å². The largest absolute Gasteiger partial charge is 0.301 e. The van der Waals surface area contributed by atoms with Crippen molar-refractivity contribution < 1.29 is 8.78 Å². The highest BCUT2D eigenvalue weighted by Gasteiger charge is 2.22. The fourth-order valence-electron chi connectivity index (χ4n) is 1.30. The Morgan fingerprint density at radius 3 is 2.29 bits per heavy atom. The van der Waals surface area contributed by atoms with E-state index in [1.165, 1.54) is 5.56 Å². The van der Waals surface area contributed by atoms with Crippen molar-refractivity contribution >= 4 is 15.9 Å². The van der Waals surface area contributed by atoms with Gasteiger partial charge in [-0.1, -0.05) is 30.3 Å². The molecule has 0 bridgehead atoms. The summed E-state index contributed by atoms with van der Waals surface area (Å²) in [5.74, 6) is 0. The SMILES string of the molecule is FC(F)(Br)CCCCc1ccccc1. The lowest BCUT2D eigenvalue weighted by molar-refractivity contribution is 0.101. The summed E-state index contributed by atoms with van der Waals surface area (Å²) in [6.07, 6.45) is 2.15. The summed E-state index contributed by atoms with van der Waals surface area (Å²) in [7, 11) is 0. The van der Waals surface area contributed by atoms with E-state index in [9.17, 15) is 8.78 Å². The Morgan fingerprint density at radius 2 is 1.71 bits per heavy atom. The van der Waals surface area contributed by atoms with Crippen LogP contribution in [-0.4, -0.2) is 4.83 Å². The second kappa shape index (κ2) is 5.44. The smallest absolute Gasteiger partial charge is 0.194 e. The highest BCUT2D eigenvalue weighted by molar-refractivity contribution is 9.09. The second-order valence-corrected chi connectivity index (χ2v) is 4.47. The quantitative estimate of drug-likeness (QED) is 0.546. The van der Waals surface area contributed by atoms with Crippen molar-refractivity contribution in [2.45, 2.75) is 30.5 Å². The molecule has 0 amide bonds. The average molecular weight is 263 g/mol. The van der Waals surface area contributed by atoms with E-state index < -0.39 is 4.83 Å². The standard InChI is InChI=1S/C11H13BrF2/c12-11(13,14)9-5-4-8-10-6-2-1-3-7-10/h1-3,6-7H,4-5,8-9H2. The molecule has 1 rings (SSSR count). The molecule has 0 saturated heterocycles. The minimum absolute atomic E-state index is 0.0835. The molecule has 0 spiro atoms. The van der Waals surface area contributed by atoms with E-state index in [2.05, 4.69) is 15.9 Å². The summed E-state index contributed by atoms with van der Waals surface area (Å²) in [6.45, 7) is 0. The minimum Gasteiger partial charge on any atom is -0.194 e. The fraction of sp³-hybridized carbons (Fsp3) is 0.455. The van der Waals surface area contributed by atoms with Crippen LogP contribution in [-0.2, 0) is 6.42 Å². The van der Waals surface area contributed by atoms with Crippen molar-refractivity contribution in [3.8, 4) is 0 Å². The Kier molecular flexibility index (Phi) is 4.52. The molecule has 78 valence electrons. The van der Waals surface area contributed by atoms with Gasteiger partial charge in [0.1, 0.15) is 0 Å². The van der Waals surface area contributed by atoms with Gasteiger partial charge in [-0.3, -0.25) is 0 Å². The Labute approximate surface area is 91.5 Å². The number of alkyl halides is 3. The molecule has 3 heteroatoms. The van der Waals surface area contributed by atoms with Crippen molar-refractivity contribution in [3.05, 3.63) is 35.9 Å². The van der Waals surface area contributed by atoms with Crippen LogP contribution in [0.3, 0.4) is 0 Å². The molecule has 0 aliphatic heterocycles. The van der Waals surface area contributed by atoms with Crippen molar-refractivity contribution in [3.63, 3.8) is 0 Å². The van der Waals surface area contributed by atoms with Gasteiger partial charge in [0.05, 0.1) is 0 Å². The highest BCUT2D eigenvalue weighted by Crippen LogP contribution is 2.28. The van der Waals surface area contributed by atoms with Gasteiger partial charge in [0.2, 0.25) is 0 Å². The van der Waals surface area contributed by atoms with Crippen molar-refractivity contribution in [1.82, 2.24) is 0 Å². The summed E-state index contributed by atoms with van der Waals surface area (Å²) in [5, 5.41) is 0. The maximum atomic E-state index is 12.4. The molecular formula is C11H13BrF2. The predicted octanol–water partition coefficient (Wildman–Crippen LogP) is 4.39. The lowest BCUT2D eigenvalue weighted by atomic mass is 10.1. The monoisotopic (exact) mass is 262 g/mol. The summed E-state index contributed by atoms with van der Waals surface area (Å²) in [6, 6.07) is 9.93. The third-order valence-electron chi connectivity index (χ3n) is 2.02. The molecule has 14 heavy (non-hydrogen) atoms. The van der Waals surface area contributed by atoms with Crippen LogP contribution in [0.2, 0.25) is 0 Å². The third-order valence-corrected chi connectivity index (χ3v) is 2.42. The topological polar surface area (TPSA) is 0 Å². The number of hydrogen-bond acceptors (Lipinski definition) is 0. The number of unbranched alkanes of at least 4 members (excludes halogenated alkanes) is 1. The minimum atomic E-state index is -2.69. The molecule has 0 aromatic heterocycles. The highest BCUT2D eigenvalue weighted by atomic mass is 79.9. The van der Waals surface area contributed by atoms with Crippen LogP contribution in [0.1, 0.15) is 24.8 Å². The van der Waals surface area contributed by atoms with Crippen LogP contribution in [0.15, 0.2) is 30.3 Å².